The van der Waals surface area contributed by atoms with Gasteiger partial charge in [0.15, 0.2) is 0 Å². The van der Waals surface area contributed by atoms with E-state index in [1.54, 1.807) is 0 Å². The minimum Gasteiger partial charge on any atom is -0.207 e. The first kappa shape index (κ1) is 15.2. The van der Waals surface area contributed by atoms with Crippen molar-refractivity contribution in [3.05, 3.63) is 28.5 Å². The smallest absolute Gasteiger partial charge is 0.207 e. The molecular formula is C12H14BrClFNO2S. The monoisotopic (exact) mass is 369 g/mol. The van der Waals surface area contributed by atoms with Crippen LogP contribution in [-0.4, -0.2) is 31.7 Å². The van der Waals surface area contributed by atoms with E-state index in [0.29, 0.717) is 23.4 Å². The zero-order chi connectivity index (χ0) is 14.0. The van der Waals surface area contributed by atoms with Crippen molar-refractivity contribution in [3.63, 3.8) is 0 Å². The van der Waals surface area contributed by atoms with Gasteiger partial charge in [-0.3, -0.25) is 0 Å². The summed E-state index contributed by atoms with van der Waals surface area (Å²) >= 11 is 8.78. The third kappa shape index (κ3) is 3.29. The normalized spacial score (nSPS) is 20.9. The van der Waals surface area contributed by atoms with Crippen molar-refractivity contribution in [3.8, 4) is 0 Å². The molecule has 106 valence electrons. The second-order valence-electron chi connectivity index (χ2n) is 4.57. The molecule has 1 aliphatic rings. The third-order valence-electron chi connectivity index (χ3n) is 3.28. The van der Waals surface area contributed by atoms with Crippen LogP contribution in [0.5, 0.6) is 0 Å². The van der Waals surface area contributed by atoms with E-state index < -0.39 is 15.8 Å². The number of sulfonamides is 1. The first-order valence-corrected chi connectivity index (χ1v) is 8.73. The highest BCUT2D eigenvalue weighted by molar-refractivity contribution is 9.10. The molecule has 3 nitrogen and oxygen atoms in total. The van der Waals surface area contributed by atoms with Crippen LogP contribution in [0.1, 0.15) is 12.8 Å². The van der Waals surface area contributed by atoms with E-state index >= 15 is 0 Å². The summed E-state index contributed by atoms with van der Waals surface area (Å²) < 4.78 is 40.4. The Bertz CT molecular complexity index is 567. The first-order valence-electron chi connectivity index (χ1n) is 5.96. The number of alkyl halides is 1. The average Bonchev–Trinajstić information content (AvgIpc) is 2.78. The molecule has 0 aromatic heterocycles. The van der Waals surface area contributed by atoms with Crippen LogP contribution in [0.25, 0.3) is 0 Å². The lowest BCUT2D eigenvalue weighted by Gasteiger charge is -2.17. The summed E-state index contributed by atoms with van der Waals surface area (Å²) in [6, 6.07) is 3.99. The molecule has 1 aromatic carbocycles. The fourth-order valence-electron chi connectivity index (χ4n) is 2.23. The zero-order valence-electron chi connectivity index (χ0n) is 10.2. The second kappa shape index (κ2) is 6.08. The molecule has 0 bridgehead atoms. The molecular weight excluding hydrogens is 357 g/mol. The van der Waals surface area contributed by atoms with Crippen LogP contribution in [0.3, 0.4) is 0 Å². The fourth-order valence-corrected chi connectivity index (χ4v) is 4.45. The Hall–Kier alpha value is -0.170. The van der Waals surface area contributed by atoms with Gasteiger partial charge in [0, 0.05) is 23.4 Å². The van der Waals surface area contributed by atoms with Crippen molar-refractivity contribution in [1.29, 1.82) is 0 Å². The van der Waals surface area contributed by atoms with E-state index in [2.05, 4.69) is 15.9 Å². The highest BCUT2D eigenvalue weighted by Gasteiger charge is 2.33. The first-order chi connectivity index (χ1) is 8.95. The van der Waals surface area contributed by atoms with Gasteiger partial charge in [-0.1, -0.05) is 15.9 Å². The Balaban J connectivity index is 2.23. The lowest BCUT2D eigenvalue weighted by Crippen LogP contribution is -2.29. The average molecular weight is 371 g/mol. The van der Waals surface area contributed by atoms with Crippen molar-refractivity contribution < 1.29 is 12.8 Å². The Morgan fingerprint density at radius 2 is 2.21 bits per heavy atom. The molecule has 7 heteroatoms. The number of nitrogens with zero attached hydrogens (tertiary/aromatic N) is 1. The van der Waals surface area contributed by atoms with E-state index in [1.165, 1.54) is 22.5 Å². The summed E-state index contributed by atoms with van der Waals surface area (Å²) in [5.41, 5.74) is 0. The van der Waals surface area contributed by atoms with Gasteiger partial charge in [-0.2, -0.15) is 4.31 Å². The largest absolute Gasteiger partial charge is 0.245 e. The summed E-state index contributed by atoms with van der Waals surface area (Å²) in [7, 11) is -3.74. The summed E-state index contributed by atoms with van der Waals surface area (Å²) in [4.78, 5) is -0.262. The Morgan fingerprint density at radius 1 is 1.47 bits per heavy atom. The minimum absolute atomic E-state index is 0.262. The van der Waals surface area contributed by atoms with Gasteiger partial charge >= 0.3 is 0 Å². The molecule has 1 heterocycles. The number of halogens is 3. The maximum atomic E-state index is 13.8. The predicted molar refractivity (Wildman–Crippen MR) is 76.3 cm³/mol. The SMILES string of the molecule is O=S(=O)(c1ccc(Br)cc1F)N1CCC(CCCl)C1. The van der Waals surface area contributed by atoms with Crippen LogP contribution in [0, 0.1) is 11.7 Å². The van der Waals surface area contributed by atoms with Gasteiger partial charge in [-0.25, -0.2) is 12.8 Å². The summed E-state index contributed by atoms with van der Waals surface area (Å²) in [6.45, 7) is 0.851. The standard InChI is InChI=1S/C12H14BrClFNO2S/c13-10-1-2-12(11(15)7-10)19(17,18)16-6-4-9(8-16)3-5-14/h1-2,7,9H,3-6,8H2. The molecule has 1 saturated heterocycles. The molecule has 0 radical (unpaired) electrons. The van der Waals surface area contributed by atoms with Gasteiger partial charge < -0.3 is 0 Å². The van der Waals surface area contributed by atoms with E-state index in [4.69, 9.17) is 11.6 Å². The summed E-state index contributed by atoms with van der Waals surface area (Å²) in [5.74, 6) is 0.0616. The van der Waals surface area contributed by atoms with E-state index in [-0.39, 0.29) is 10.8 Å². The summed E-state index contributed by atoms with van der Waals surface area (Å²) in [6.07, 6.45) is 1.57. The topological polar surface area (TPSA) is 37.4 Å². The van der Waals surface area contributed by atoms with Gasteiger partial charge in [0.05, 0.1) is 0 Å². The molecule has 1 atom stereocenters. The Labute approximate surface area is 125 Å². The molecule has 0 amide bonds. The van der Waals surface area contributed by atoms with Crippen molar-refractivity contribution in [2.45, 2.75) is 17.7 Å². The lowest BCUT2D eigenvalue weighted by molar-refractivity contribution is 0.448. The Kier molecular flexibility index (Phi) is 4.87. The van der Waals surface area contributed by atoms with Crippen LogP contribution in [0.4, 0.5) is 4.39 Å². The van der Waals surface area contributed by atoms with Crippen LogP contribution in [0.2, 0.25) is 0 Å². The number of rotatable bonds is 4. The predicted octanol–water partition coefficient (Wildman–Crippen LogP) is 3.23. The van der Waals surface area contributed by atoms with E-state index in [1.807, 2.05) is 0 Å². The maximum absolute atomic E-state index is 13.8. The van der Waals surface area contributed by atoms with Crippen molar-refractivity contribution in [1.82, 2.24) is 4.31 Å². The molecule has 0 spiro atoms. The van der Waals surface area contributed by atoms with Crippen LogP contribution < -0.4 is 0 Å². The third-order valence-corrected chi connectivity index (χ3v) is 5.89. The molecule has 2 rings (SSSR count). The quantitative estimate of drug-likeness (QED) is 0.763. The molecule has 1 fully saturated rings. The molecule has 1 aromatic rings. The Morgan fingerprint density at radius 3 is 2.84 bits per heavy atom. The highest BCUT2D eigenvalue weighted by Crippen LogP contribution is 2.28. The van der Waals surface area contributed by atoms with Gasteiger partial charge in [0.25, 0.3) is 0 Å². The van der Waals surface area contributed by atoms with Gasteiger partial charge in [0.1, 0.15) is 10.7 Å². The summed E-state index contributed by atoms with van der Waals surface area (Å²) in [5, 5.41) is 0. The molecule has 1 aliphatic heterocycles. The van der Waals surface area contributed by atoms with Crippen molar-refractivity contribution >= 4 is 37.6 Å². The highest BCUT2D eigenvalue weighted by atomic mass is 79.9. The number of benzene rings is 1. The van der Waals surface area contributed by atoms with Gasteiger partial charge in [-0.15, -0.1) is 11.6 Å². The van der Waals surface area contributed by atoms with E-state index in [0.717, 1.165) is 12.8 Å². The van der Waals surface area contributed by atoms with Crippen LogP contribution in [-0.2, 0) is 10.0 Å². The van der Waals surface area contributed by atoms with E-state index in [9.17, 15) is 12.8 Å². The molecule has 1 unspecified atom stereocenters. The number of hydrogen-bond donors (Lipinski definition) is 0. The number of hydrogen-bond acceptors (Lipinski definition) is 2. The van der Waals surface area contributed by atoms with Crippen molar-refractivity contribution in [2.24, 2.45) is 5.92 Å². The molecule has 0 N–H and O–H groups in total. The molecule has 0 saturated carbocycles. The van der Waals surface area contributed by atoms with Gasteiger partial charge in [0.2, 0.25) is 10.0 Å². The minimum atomic E-state index is -3.74. The maximum Gasteiger partial charge on any atom is 0.245 e. The lowest BCUT2D eigenvalue weighted by atomic mass is 10.1. The van der Waals surface area contributed by atoms with Crippen molar-refractivity contribution in [2.75, 3.05) is 19.0 Å². The second-order valence-corrected chi connectivity index (χ2v) is 7.77. The van der Waals surface area contributed by atoms with Crippen LogP contribution >= 0.6 is 27.5 Å². The van der Waals surface area contributed by atoms with Crippen LogP contribution in [0.15, 0.2) is 27.6 Å². The zero-order valence-corrected chi connectivity index (χ0v) is 13.3. The fraction of sp³-hybridized carbons (Fsp3) is 0.500. The molecule has 0 aliphatic carbocycles. The molecule has 19 heavy (non-hydrogen) atoms. The van der Waals surface area contributed by atoms with Gasteiger partial charge in [-0.05, 0) is 37.0 Å².